The molecule has 6 nitrogen and oxygen atoms in total. The molecule has 0 saturated heterocycles. The summed E-state index contributed by atoms with van der Waals surface area (Å²) in [5, 5.41) is 7.47. The molecule has 0 spiro atoms. The number of nitrogens with zero attached hydrogens (tertiary/aromatic N) is 3. The van der Waals surface area contributed by atoms with Gasteiger partial charge >= 0.3 is 0 Å². The standard InChI is InChI=1S/C9H17N3O3S/c1-5-12(7-9(13)11(3)4)16(14,15)8(2)6-10/h8H,5,7H2,1-4H3. The lowest BCUT2D eigenvalue weighted by Crippen LogP contribution is -2.43. The Bertz CT molecular complexity index is 383. The average Bonchev–Trinajstić information content (AvgIpc) is 2.23. The number of carbonyl (C=O) groups is 1. The molecule has 0 aliphatic rings. The third-order valence-electron chi connectivity index (χ3n) is 2.15. The van der Waals surface area contributed by atoms with Crippen molar-refractivity contribution in [3.63, 3.8) is 0 Å². The van der Waals surface area contributed by atoms with E-state index in [1.807, 2.05) is 0 Å². The largest absolute Gasteiger partial charge is 0.348 e. The number of carbonyl (C=O) groups excluding carboxylic acids is 1. The molecule has 0 N–H and O–H groups in total. The van der Waals surface area contributed by atoms with Crippen LogP contribution in [0.1, 0.15) is 13.8 Å². The second kappa shape index (κ2) is 5.82. The van der Waals surface area contributed by atoms with Crippen LogP contribution in [0.15, 0.2) is 0 Å². The van der Waals surface area contributed by atoms with E-state index in [0.717, 1.165) is 4.31 Å². The number of rotatable bonds is 5. The first-order valence-electron chi connectivity index (χ1n) is 4.86. The van der Waals surface area contributed by atoms with Gasteiger partial charge in [-0.1, -0.05) is 6.92 Å². The van der Waals surface area contributed by atoms with Gasteiger partial charge in [0, 0.05) is 20.6 Å². The van der Waals surface area contributed by atoms with E-state index in [-0.39, 0.29) is 19.0 Å². The van der Waals surface area contributed by atoms with Crippen LogP contribution in [0.2, 0.25) is 0 Å². The maximum Gasteiger partial charge on any atom is 0.237 e. The van der Waals surface area contributed by atoms with Gasteiger partial charge in [0.05, 0.1) is 12.6 Å². The number of hydrogen-bond donors (Lipinski definition) is 0. The lowest BCUT2D eigenvalue weighted by atomic mass is 10.5. The third kappa shape index (κ3) is 3.47. The van der Waals surface area contributed by atoms with Crippen molar-refractivity contribution in [2.45, 2.75) is 19.1 Å². The van der Waals surface area contributed by atoms with Crippen molar-refractivity contribution in [1.29, 1.82) is 5.26 Å². The molecule has 7 heteroatoms. The van der Waals surface area contributed by atoms with Gasteiger partial charge in [0.1, 0.15) is 0 Å². The molecule has 0 bridgehead atoms. The van der Waals surface area contributed by atoms with Crippen LogP contribution < -0.4 is 0 Å². The number of amides is 1. The van der Waals surface area contributed by atoms with E-state index in [9.17, 15) is 13.2 Å². The second-order valence-electron chi connectivity index (χ2n) is 3.53. The Morgan fingerprint density at radius 3 is 2.25 bits per heavy atom. The summed E-state index contributed by atoms with van der Waals surface area (Å²) in [5.41, 5.74) is 0. The summed E-state index contributed by atoms with van der Waals surface area (Å²) in [5.74, 6) is -0.310. The summed E-state index contributed by atoms with van der Waals surface area (Å²) in [6.45, 7) is 2.88. The van der Waals surface area contributed by atoms with Crippen LogP contribution in [0.4, 0.5) is 0 Å². The highest BCUT2D eigenvalue weighted by Gasteiger charge is 2.29. The van der Waals surface area contributed by atoms with E-state index < -0.39 is 15.3 Å². The summed E-state index contributed by atoms with van der Waals surface area (Å²) in [6.07, 6.45) is 0. The maximum atomic E-state index is 11.8. The summed E-state index contributed by atoms with van der Waals surface area (Å²) in [4.78, 5) is 12.7. The summed E-state index contributed by atoms with van der Waals surface area (Å²) < 4.78 is 24.6. The molecular formula is C9H17N3O3S. The molecule has 1 unspecified atom stereocenters. The predicted molar refractivity (Wildman–Crippen MR) is 59.9 cm³/mol. The molecule has 0 aliphatic carbocycles. The van der Waals surface area contributed by atoms with Gasteiger partial charge in [0.25, 0.3) is 0 Å². The van der Waals surface area contributed by atoms with Gasteiger partial charge in [0.15, 0.2) is 5.25 Å². The van der Waals surface area contributed by atoms with Gasteiger partial charge in [-0.15, -0.1) is 0 Å². The number of sulfonamides is 1. The van der Waals surface area contributed by atoms with E-state index in [0.29, 0.717) is 0 Å². The van der Waals surface area contributed by atoms with E-state index in [1.54, 1.807) is 27.1 Å². The second-order valence-corrected chi connectivity index (χ2v) is 5.78. The molecule has 92 valence electrons. The van der Waals surface area contributed by atoms with Gasteiger partial charge in [-0.05, 0) is 6.92 Å². The SMILES string of the molecule is CCN(CC(=O)N(C)C)S(=O)(=O)C(C)C#N. The molecule has 0 fully saturated rings. The molecule has 1 amide bonds. The Morgan fingerprint density at radius 1 is 1.44 bits per heavy atom. The highest BCUT2D eigenvalue weighted by atomic mass is 32.2. The lowest BCUT2D eigenvalue weighted by Gasteiger charge is -2.22. The van der Waals surface area contributed by atoms with Gasteiger partial charge in [-0.3, -0.25) is 4.79 Å². The molecule has 0 aromatic heterocycles. The quantitative estimate of drug-likeness (QED) is 0.664. The number of hydrogen-bond acceptors (Lipinski definition) is 4. The molecule has 0 aromatic rings. The molecule has 0 aliphatic heterocycles. The zero-order valence-corrected chi connectivity index (χ0v) is 10.8. The Hall–Kier alpha value is -1.13. The van der Waals surface area contributed by atoms with Gasteiger partial charge in [0.2, 0.25) is 15.9 Å². The smallest absolute Gasteiger partial charge is 0.237 e. The van der Waals surface area contributed by atoms with Gasteiger partial charge in [-0.25, -0.2) is 8.42 Å². The Kier molecular flexibility index (Phi) is 5.41. The fourth-order valence-corrected chi connectivity index (χ4v) is 2.19. The fourth-order valence-electron chi connectivity index (χ4n) is 0.964. The molecule has 0 rings (SSSR count). The monoisotopic (exact) mass is 247 g/mol. The first-order chi connectivity index (χ1) is 7.27. The van der Waals surface area contributed by atoms with Gasteiger partial charge < -0.3 is 4.90 Å². The first kappa shape index (κ1) is 14.9. The Balaban J connectivity index is 4.90. The van der Waals surface area contributed by atoms with Crippen molar-refractivity contribution < 1.29 is 13.2 Å². The first-order valence-corrected chi connectivity index (χ1v) is 6.36. The minimum absolute atomic E-state index is 0.175. The molecule has 0 saturated carbocycles. The van der Waals surface area contributed by atoms with Crippen LogP contribution in [-0.2, 0) is 14.8 Å². The molecule has 0 radical (unpaired) electrons. The number of nitriles is 1. The zero-order chi connectivity index (χ0) is 12.9. The minimum Gasteiger partial charge on any atom is -0.348 e. The molecular weight excluding hydrogens is 230 g/mol. The Labute approximate surface area is 96.5 Å². The number of likely N-dealkylation sites (N-methyl/N-ethyl adjacent to an activating group) is 2. The highest BCUT2D eigenvalue weighted by Crippen LogP contribution is 2.08. The maximum absolute atomic E-state index is 11.8. The van der Waals surface area contributed by atoms with Crippen molar-refractivity contribution in [2.24, 2.45) is 0 Å². The summed E-state index contributed by atoms with van der Waals surface area (Å²) in [6, 6.07) is 1.67. The van der Waals surface area contributed by atoms with Crippen molar-refractivity contribution in [2.75, 3.05) is 27.2 Å². The zero-order valence-electron chi connectivity index (χ0n) is 9.97. The normalized spacial score (nSPS) is 13.2. The molecule has 1 atom stereocenters. The Morgan fingerprint density at radius 2 is 1.94 bits per heavy atom. The van der Waals surface area contributed by atoms with E-state index >= 15 is 0 Å². The summed E-state index contributed by atoms with van der Waals surface area (Å²) >= 11 is 0. The lowest BCUT2D eigenvalue weighted by molar-refractivity contribution is -0.128. The average molecular weight is 247 g/mol. The van der Waals surface area contributed by atoms with Crippen molar-refractivity contribution in [1.82, 2.24) is 9.21 Å². The van der Waals surface area contributed by atoms with Crippen molar-refractivity contribution in [3.8, 4) is 6.07 Å². The van der Waals surface area contributed by atoms with Crippen LogP contribution in [0, 0.1) is 11.3 Å². The third-order valence-corrected chi connectivity index (χ3v) is 4.26. The van der Waals surface area contributed by atoms with Crippen LogP contribution in [-0.4, -0.2) is 56.0 Å². The van der Waals surface area contributed by atoms with Crippen LogP contribution >= 0.6 is 0 Å². The predicted octanol–water partition coefficient (Wildman–Crippen LogP) is -0.362. The van der Waals surface area contributed by atoms with Crippen LogP contribution in [0.5, 0.6) is 0 Å². The fraction of sp³-hybridized carbons (Fsp3) is 0.778. The highest BCUT2D eigenvalue weighted by molar-refractivity contribution is 7.90. The molecule has 0 aromatic carbocycles. The molecule has 16 heavy (non-hydrogen) atoms. The van der Waals surface area contributed by atoms with Crippen molar-refractivity contribution >= 4 is 15.9 Å². The molecule has 0 heterocycles. The van der Waals surface area contributed by atoms with E-state index in [2.05, 4.69) is 0 Å². The van der Waals surface area contributed by atoms with Crippen LogP contribution in [0.25, 0.3) is 0 Å². The van der Waals surface area contributed by atoms with E-state index in [1.165, 1.54) is 11.8 Å². The van der Waals surface area contributed by atoms with Crippen molar-refractivity contribution in [3.05, 3.63) is 0 Å². The van der Waals surface area contributed by atoms with Gasteiger partial charge in [-0.2, -0.15) is 9.57 Å². The summed E-state index contributed by atoms with van der Waals surface area (Å²) in [7, 11) is -0.601. The van der Waals surface area contributed by atoms with E-state index in [4.69, 9.17) is 5.26 Å². The van der Waals surface area contributed by atoms with Crippen LogP contribution in [0.3, 0.4) is 0 Å². The topological polar surface area (TPSA) is 81.5 Å². The minimum atomic E-state index is -3.71.